The first kappa shape index (κ1) is 13.9. The number of carbonyl (C=O) groups is 1. The highest BCUT2D eigenvalue weighted by molar-refractivity contribution is 5.71. The molecular formula is C11H20N2O2. The molecule has 0 aliphatic carbocycles. The van der Waals surface area contributed by atoms with Gasteiger partial charge in [0.15, 0.2) is 0 Å². The number of rotatable bonds is 7. The van der Waals surface area contributed by atoms with E-state index in [1.807, 2.05) is 13.8 Å². The van der Waals surface area contributed by atoms with Crippen molar-refractivity contribution in [3.05, 3.63) is 0 Å². The Morgan fingerprint density at radius 1 is 1.47 bits per heavy atom. The Bertz CT molecular complexity index is 221. The van der Waals surface area contributed by atoms with Gasteiger partial charge < -0.3 is 4.74 Å². The zero-order valence-electron chi connectivity index (χ0n) is 9.82. The topological polar surface area (TPSA) is 53.3 Å². The van der Waals surface area contributed by atoms with Gasteiger partial charge in [-0.3, -0.25) is 9.69 Å². The lowest BCUT2D eigenvalue weighted by atomic mass is 10.2. The molecule has 0 rings (SSSR count). The third-order valence-corrected chi connectivity index (χ3v) is 2.27. The summed E-state index contributed by atoms with van der Waals surface area (Å²) in [7, 11) is 1.40. The van der Waals surface area contributed by atoms with Crippen LogP contribution >= 0.6 is 0 Å². The van der Waals surface area contributed by atoms with Gasteiger partial charge in [-0.2, -0.15) is 5.26 Å². The van der Waals surface area contributed by atoms with Crippen LogP contribution < -0.4 is 0 Å². The van der Waals surface area contributed by atoms with Crippen molar-refractivity contribution in [1.29, 1.82) is 5.26 Å². The van der Waals surface area contributed by atoms with Crippen molar-refractivity contribution < 1.29 is 9.53 Å². The Hall–Kier alpha value is -1.08. The summed E-state index contributed by atoms with van der Waals surface area (Å²) in [6, 6.07) is 2.44. The molecule has 0 amide bonds. The molecule has 4 heteroatoms. The quantitative estimate of drug-likeness (QED) is 0.475. The number of hydrogen-bond donors (Lipinski definition) is 0. The predicted octanol–water partition coefficient (Wildman–Crippen LogP) is 1.56. The van der Waals surface area contributed by atoms with Crippen molar-refractivity contribution in [2.45, 2.75) is 39.2 Å². The molecule has 0 unspecified atom stereocenters. The van der Waals surface area contributed by atoms with E-state index in [2.05, 4.69) is 15.7 Å². The normalized spacial score (nSPS) is 10.4. The minimum Gasteiger partial charge on any atom is -0.468 e. The Labute approximate surface area is 91.8 Å². The number of nitrogens with zero attached hydrogens (tertiary/aromatic N) is 2. The number of unbranched alkanes of at least 4 members (excludes halogenated alkanes) is 2. The number of carbonyl (C=O) groups excluding carboxylic acids is 1. The lowest BCUT2D eigenvalue weighted by Crippen LogP contribution is -2.36. The summed E-state index contributed by atoms with van der Waals surface area (Å²) in [4.78, 5) is 13.2. The van der Waals surface area contributed by atoms with Crippen LogP contribution in [0, 0.1) is 11.3 Å². The van der Waals surface area contributed by atoms with Crippen LogP contribution in [-0.4, -0.2) is 37.1 Å². The minimum absolute atomic E-state index is 0.205. The van der Waals surface area contributed by atoms with Gasteiger partial charge in [-0.25, -0.2) is 0 Å². The summed E-state index contributed by atoms with van der Waals surface area (Å²) in [5.74, 6) is -0.205. The molecule has 0 aromatic rings. The van der Waals surface area contributed by atoms with E-state index in [0.29, 0.717) is 19.0 Å². The molecule has 0 fully saturated rings. The van der Waals surface area contributed by atoms with E-state index < -0.39 is 0 Å². The predicted molar refractivity (Wildman–Crippen MR) is 58.2 cm³/mol. The summed E-state index contributed by atoms with van der Waals surface area (Å²) < 4.78 is 4.63. The molecule has 0 saturated heterocycles. The SMILES string of the molecule is COC(=O)CN(CCCCC#N)C(C)C. The fourth-order valence-corrected chi connectivity index (χ4v) is 1.27. The Kier molecular flexibility index (Phi) is 7.65. The summed E-state index contributed by atoms with van der Waals surface area (Å²) in [6.07, 6.45) is 2.42. The first-order chi connectivity index (χ1) is 7.11. The van der Waals surface area contributed by atoms with Crippen LogP contribution in [0.4, 0.5) is 0 Å². The van der Waals surface area contributed by atoms with Gasteiger partial charge in [-0.05, 0) is 33.2 Å². The molecule has 0 bridgehead atoms. The molecule has 0 heterocycles. The van der Waals surface area contributed by atoms with Gasteiger partial charge in [0.1, 0.15) is 0 Å². The maximum Gasteiger partial charge on any atom is 0.319 e. The Balaban J connectivity index is 3.84. The smallest absolute Gasteiger partial charge is 0.319 e. The van der Waals surface area contributed by atoms with Gasteiger partial charge in [0, 0.05) is 12.5 Å². The molecule has 15 heavy (non-hydrogen) atoms. The second kappa shape index (κ2) is 8.25. The zero-order chi connectivity index (χ0) is 11.7. The molecule has 0 aliphatic rings. The summed E-state index contributed by atoms with van der Waals surface area (Å²) in [5.41, 5.74) is 0. The third-order valence-electron chi connectivity index (χ3n) is 2.27. The lowest BCUT2D eigenvalue weighted by Gasteiger charge is -2.24. The standard InChI is InChI=1S/C11H20N2O2/c1-10(2)13(9-11(14)15-3)8-6-4-5-7-12/h10H,4-6,8-9H2,1-3H3. The first-order valence-electron chi connectivity index (χ1n) is 5.29. The van der Waals surface area contributed by atoms with Crippen LogP contribution in [0.15, 0.2) is 0 Å². The van der Waals surface area contributed by atoms with Crippen LogP contribution in [-0.2, 0) is 9.53 Å². The molecular weight excluding hydrogens is 192 g/mol. The van der Waals surface area contributed by atoms with E-state index in [9.17, 15) is 4.79 Å². The van der Waals surface area contributed by atoms with Gasteiger partial charge >= 0.3 is 5.97 Å². The average Bonchev–Trinajstić information content (AvgIpc) is 2.21. The highest BCUT2D eigenvalue weighted by Crippen LogP contribution is 2.03. The molecule has 0 spiro atoms. The number of hydrogen-bond acceptors (Lipinski definition) is 4. The number of nitriles is 1. The van der Waals surface area contributed by atoms with Crippen LogP contribution in [0.3, 0.4) is 0 Å². The molecule has 86 valence electrons. The second-order valence-corrected chi connectivity index (χ2v) is 3.76. The van der Waals surface area contributed by atoms with Crippen LogP contribution in [0.25, 0.3) is 0 Å². The fraction of sp³-hybridized carbons (Fsp3) is 0.818. The fourth-order valence-electron chi connectivity index (χ4n) is 1.27. The van der Waals surface area contributed by atoms with Crippen molar-refractivity contribution in [2.24, 2.45) is 0 Å². The van der Waals surface area contributed by atoms with Crippen molar-refractivity contribution in [2.75, 3.05) is 20.2 Å². The Morgan fingerprint density at radius 3 is 2.60 bits per heavy atom. The van der Waals surface area contributed by atoms with Crippen molar-refractivity contribution in [3.8, 4) is 6.07 Å². The Morgan fingerprint density at radius 2 is 2.13 bits per heavy atom. The average molecular weight is 212 g/mol. The van der Waals surface area contributed by atoms with Crippen LogP contribution in [0.2, 0.25) is 0 Å². The number of esters is 1. The molecule has 4 nitrogen and oxygen atoms in total. The summed E-state index contributed by atoms with van der Waals surface area (Å²) >= 11 is 0. The van der Waals surface area contributed by atoms with E-state index in [4.69, 9.17) is 5.26 Å². The van der Waals surface area contributed by atoms with Gasteiger partial charge in [-0.1, -0.05) is 0 Å². The molecule has 0 radical (unpaired) electrons. The third kappa shape index (κ3) is 6.92. The maximum atomic E-state index is 11.1. The minimum atomic E-state index is -0.205. The molecule has 0 N–H and O–H groups in total. The number of methoxy groups -OCH3 is 1. The molecule has 0 aromatic carbocycles. The molecule has 0 atom stereocenters. The van der Waals surface area contributed by atoms with Crippen molar-refractivity contribution >= 4 is 5.97 Å². The number of ether oxygens (including phenoxy) is 1. The maximum absolute atomic E-state index is 11.1. The largest absolute Gasteiger partial charge is 0.468 e. The second-order valence-electron chi connectivity index (χ2n) is 3.76. The van der Waals surface area contributed by atoms with Crippen molar-refractivity contribution in [1.82, 2.24) is 4.90 Å². The monoisotopic (exact) mass is 212 g/mol. The van der Waals surface area contributed by atoms with Gasteiger partial charge in [0.05, 0.1) is 19.7 Å². The first-order valence-corrected chi connectivity index (χ1v) is 5.29. The highest BCUT2D eigenvalue weighted by atomic mass is 16.5. The lowest BCUT2D eigenvalue weighted by molar-refractivity contribution is -0.142. The van der Waals surface area contributed by atoms with Crippen molar-refractivity contribution in [3.63, 3.8) is 0 Å². The van der Waals surface area contributed by atoms with Crippen LogP contribution in [0.5, 0.6) is 0 Å². The van der Waals surface area contributed by atoms with Gasteiger partial charge in [0.2, 0.25) is 0 Å². The zero-order valence-corrected chi connectivity index (χ0v) is 9.82. The highest BCUT2D eigenvalue weighted by Gasteiger charge is 2.13. The molecule has 0 saturated carbocycles. The van der Waals surface area contributed by atoms with E-state index in [0.717, 1.165) is 19.4 Å². The van der Waals surface area contributed by atoms with Crippen LogP contribution in [0.1, 0.15) is 33.1 Å². The van der Waals surface area contributed by atoms with E-state index in [1.54, 1.807) is 0 Å². The van der Waals surface area contributed by atoms with Gasteiger partial charge in [-0.15, -0.1) is 0 Å². The van der Waals surface area contributed by atoms with E-state index in [-0.39, 0.29) is 5.97 Å². The molecule has 0 aromatic heterocycles. The summed E-state index contributed by atoms with van der Waals surface area (Å²) in [6.45, 7) is 5.27. The van der Waals surface area contributed by atoms with E-state index in [1.165, 1.54) is 7.11 Å². The summed E-state index contributed by atoms with van der Waals surface area (Å²) in [5, 5.41) is 8.39. The molecule has 0 aliphatic heterocycles. The van der Waals surface area contributed by atoms with Gasteiger partial charge in [0.25, 0.3) is 0 Å². The van der Waals surface area contributed by atoms with E-state index >= 15 is 0 Å².